The molecule has 0 radical (unpaired) electrons. The van der Waals surface area contributed by atoms with Crippen molar-refractivity contribution in [3.8, 4) is 0 Å². The molecule has 0 aliphatic carbocycles. The van der Waals surface area contributed by atoms with Gasteiger partial charge in [-0.1, -0.05) is 42.0 Å². The number of imidazole rings is 1. The van der Waals surface area contributed by atoms with Crippen LogP contribution in [0.4, 0.5) is 11.8 Å². The third kappa shape index (κ3) is 5.50. The summed E-state index contributed by atoms with van der Waals surface area (Å²) in [5, 5.41) is 12.9. The maximum atomic E-state index is 13.1. The molecule has 0 bridgehead atoms. The van der Waals surface area contributed by atoms with Crippen LogP contribution in [0.3, 0.4) is 0 Å². The van der Waals surface area contributed by atoms with Crippen molar-refractivity contribution in [2.24, 2.45) is 5.92 Å². The minimum atomic E-state index is -0.961. The highest BCUT2D eigenvalue weighted by Gasteiger charge is 2.25. The number of aliphatic carboxylic acids is 1. The number of nitrogens with one attached hydrogen (secondary N) is 2. The number of para-hydroxylation sites is 2. The first-order valence-electron chi connectivity index (χ1n) is 12.7. The Morgan fingerprint density at radius 2 is 1.84 bits per heavy atom. The molecule has 2 aromatic heterocycles. The van der Waals surface area contributed by atoms with E-state index in [1.807, 2.05) is 62.4 Å². The topological polar surface area (TPSA) is 116 Å². The number of rotatable bonds is 8. The Labute approximate surface area is 215 Å². The number of fused-ring (bicyclic) bond motifs is 1. The summed E-state index contributed by atoms with van der Waals surface area (Å²) in [5.41, 5.74) is 4.25. The molecular formula is C28H32N6O3. The molecule has 1 unspecified atom stereocenters. The van der Waals surface area contributed by atoms with Crippen molar-refractivity contribution in [3.05, 3.63) is 81.9 Å². The summed E-state index contributed by atoms with van der Waals surface area (Å²) in [5.74, 6) is 1.00. The third-order valence-electron chi connectivity index (χ3n) is 7.14. The Bertz CT molecular complexity index is 1420. The van der Waals surface area contributed by atoms with Gasteiger partial charge >= 0.3 is 11.7 Å². The molecule has 192 valence electrons. The number of H-pyrrole nitrogens is 1. The first kappa shape index (κ1) is 24.5. The van der Waals surface area contributed by atoms with Gasteiger partial charge in [-0.05, 0) is 50.3 Å². The first-order chi connectivity index (χ1) is 17.9. The van der Waals surface area contributed by atoms with Crippen LogP contribution in [0.15, 0.2) is 59.5 Å². The summed E-state index contributed by atoms with van der Waals surface area (Å²) >= 11 is 0. The predicted octanol–water partition coefficient (Wildman–Crippen LogP) is 4.13. The fourth-order valence-electron chi connectivity index (χ4n) is 5.06. The standard InChI is InChI=1S/C28H32N6O3/c1-18-7-9-21(10-8-18)24(15-25(35)36)34-17-19(2)26(32-28(34)37)33-13-11-20(12-14-33)16-29-27-30-22-5-3-4-6-23(22)31-27/h3-10,17,20,24H,11-16H2,1-2H3,(H,35,36)(H2,29,30,31). The first-order valence-corrected chi connectivity index (χ1v) is 12.7. The number of aromatic amines is 1. The van der Waals surface area contributed by atoms with Crippen LogP contribution in [-0.4, -0.2) is 50.2 Å². The summed E-state index contributed by atoms with van der Waals surface area (Å²) in [4.78, 5) is 39.2. The average Bonchev–Trinajstić information content (AvgIpc) is 3.31. The second kappa shape index (κ2) is 10.5. The van der Waals surface area contributed by atoms with E-state index in [-0.39, 0.29) is 6.42 Å². The van der Waals surface area contributed by atoms with Gasteiger partial charge in [0.2, 0.25) is 5.95 Å². The molecule has 2 aromatic carbocycles. The number of piperidine rings is 1. The Morgan fingerprint density at radius 1 is 1.11 bits per heavy atom. The van der Waals surface area contributed by atoms with E-state index in [2.05, 4.69) is 25.2 Å². The van der Waals surface area contributed by atoms with E-state index in [1.165, 1.54) is 4.57 Å². The molecule has 0 amide bonds. The molecule has 0 spiro atoms. The largest absolute Gasteiger partial charge is 0.481 e. The fourth-order valence-corrected chi connectivity index (χ4v) is 5.06. The highest BCUT2D eigenvalue weighted by Crippen LogP contribution is 2.26. The Kier molecular flexibility index (Phi) is 6.94. The lowest BCUT2D eigenvalue weighted by Crippen LogP contribution is -2.39. The van der Waals surface area contributed by atoms with Gasteiger partial charge in [-0.2, -0.15) is 4.98 Å². The maximum absolute atomic E-state index is 13.1. The van der Waals surface area contributed by atoms with E-state index in [1.54, 1.807) is 6.20 Å². The van der Waals surface area contributed by atoms with Crippen molar-refractivity contribution in [3.63, 3.8) is 0 Å². The molecule has 9 nitrogen and oxygen atoms in total. The molecule has 9 heteroatoms. The van der Waals surface area contributed by atoms with Crippen molar-refractivity contribution in [1.29, 1.82) is 0 Å². The van der Waals surface area contributed by atoms with E-state index >= 15 is 0 Å². The third-order valence-corrected chi connectivity index (χ3v) is 7.14. The lowest BCUT2D eigenvalue weighted by Gasteiger charge is -2.33. The van der Waals surface area contributed by atoms with Gasteiger partial charge in [0.1, 0.15) is 5.82 Å². The molecule has 1 fully saturated rings. The number of carbonyl (C=O) groups is 1. The van der Waals surface area contributed by atoms with Gasteiger partial charge in [-0.25, -0.2) is 9.78 Å². The minimum absolute atomic E-state index is 0.187. The summed E-state index contributed by atoms with van der Waals surface area (Å²) in [6, 6.07) is 15.0. The molecule has 1 aliphatic rings. The van der Waals surface area contributed by atoms with Crippen molar-refractivity contribution >= 4 is 28.8 Å². The van der Waals surface area contributed by atoms with Crippen LogP contribution < -0.4 is 15.9 Å². The van der Waals surface area contributed by atoms with Crippen molar-refractivity contribution in [2.45, 2.75) is 39.2 Å². The van der Waals surface area contributed by atoms with Gasteiger partial charge < -0.3 is 20.3 Å². The Morgan fingerprint density at radius 3 is 2.54 bits per heavy atom. The van der Waals surface area contributed by atoms with Crippen LogP contribution in [-0.2, 0) is 4.79 Å². The number of hydrogen-bond acceptors (Lipinski definition) is 6. The number of aromatic nitrogens is 4. The molecule has 1 atom stereocenters. The van der Waals surface area contributed by atoms with E-state index < -0.39 is 17.7 Å². The number of benzene rings is 2. The molecule has 1 saturated heterocycles. The van der Waals surface area contributed by atoms with Gasteiger partial charge in [-0.3, -0.25) is 9.36 Å². The van der Waals surface area contributed by atoms with Crippen LogP contribution >= 0.6 is 0 Å². The number of carboxylic acid groups (broad SMARTS) is 1. The summed E-state index contributed by atoms with van der Waals surface area (Å²) in [6.45, 7) is 6.34. The summed E-state index contributed by atoms with van der Waals surface area (Å²) in [6.07, 6.45) is 3.52. The molecule has 1 aliphatic heterocycles. The van der Waals surface area contributed by atoms with Gasteiger partial charge in [0, 0.05) is 31.4 Å². The van der Waals surface area contributed by atoms with Crippen LogP contribution in [0.1, 0.15) is 42.0 Å². The second-order valence-corrected chi connectivity index (χ2v) is 9.88. The van der Waals surface area contributed by atoms with Crippen LogP contribution in [0.25, 0.3) is 11.0 Å². The zero-order chi connectivity index (χ0) is 25.9. The Balaban J connectivity index is 1.26. The SMILES string of the molecule is Cc1ccc(C(CC(=O)O)n2cc(C)c(N3CCC(CNc4nc5ccccc5[nH]4)CC3)nc2=O)cc1. The molecule has 3 N–H and O–H groups in total. The number of aryl methyl sites for hydroxylation is 2. The lowest BCUT2D eigenvalue weighted by atomic mass is 9.96. The zero-order valence-electron chi connectivity index (χ0n) is 21.1. The van der Waals surface area contributed by atoms with Crippen molar-refractivity contribution in [2.75, 3.05) is 29.9 Å². The minimum Gasteiger partial charge on any atom is -0.481 e. The number of nitrogens with zero attached hydrogens (tertiary/aromatic N) is 4. The molecule has 3 heterocycles. The van der Waals surface area contributed by atoms with Gasteiger partial charge in [0.25, 0.3) is 0 Å². The molecule has 0 saturated carbocycles. The maximum Gasteiger partial charge on any atom is 0.350 e. The van der Waals surface area contributed by atoms with E-state index in [0.29, 0.717) is 11.7 Å². The van der Waals surface area contributed by atoms with E-state index in [4.69, 9.17) is 0 Å². The van der Waals surface area contributed by atoms with Crippen molar-refractivity contribution in [1.82, 2.24) is 19.5 Å². The Hall–Kier alpha value is -4.14. The molecule has 5 rings (SSSR count). The highest BCUT2D eigenvalue weighted by molar-refractivity contribution is 5.77. The second-order valence-electron chi connectivity index (χ2n) is 9.88. The van der Waals surface area contributed by atoms with Crippen LogP contribution in [0.2, 0.25) is 0 Å². The van der Waals surface area contributed by atoms with E-state index in [9.17, 15) is 14.7 Å². The lowest BCUT2D eigenvalue weighted by molar-refractivity contribution is -0.137. The number of hydrogen-bond donors (Lipinski definition) is 3. The molecule has 37 heavy (non-hydrogen) atoms. The van der Waals surface area contributed by atoms with E-state index in [0.717, 1.165) is 66.1 Å². The number of anilines is 2. The summed E-state index contributed by atoms with van der Waals surface area (Å²) in [7, 11) is 0. The van der Waals surface area contributed by atoms with Gasteiger partial charge in [0.15, 0.2) is 0 Å². The smallest absolute Gasteiger partial charge is 0.350 e. The summed E-state index contributed by atoms with van der Waals surface area (Å²) < 4.78 is 1.46. The van der Waals surface area contributed by atoms with Crippen LogP contribution in [0.5, 0.6) is 0 Å². The fraction of sp³-hybridized carbons (Fsp3) is 0.357. The monoisotopic (exact) mass is 500 g/mol. The van der Waals surface area contributed by atoms with Gasteiger partial charge in [-0.15, -0.1) is 0 Å². The highest BCUT2D eigenvalue weighted by atomic mass is 16.4. The molecular weight excluding hydrogens is 468 g/mol. The normalized spacial score (nSPS) is 15.1. The zero-order valence-corrected chi connectivity index (χ0v) is 21.1. The van der Waals surface area contributed by atoms with Gasteiger partial charge in [0.05, 0.1) is 23.5 Å². The quantitative estimate of drug-likeness (QED) is 0.333. The van der Waals surface area contributed by atoms with Crippen LogP contribution in [0, 0.1) is 19.8 Å². The predicted molar refractivity (Wildman–Crippen MR) is 144 cm³/mol. The number of carboxylic acids is 1. The van der Waals surface area contributed by atoms with Crippen molar-refractivity contribution < 1.29 is 9.90 Å². The molecule has 4 aromatic rings. The average molecular weight is 501 g/mol.